The molecule has 1 heterocycles. The summed E-state index contributed by atoms with van der Waals surface area (Å²) in [5, 5.41) is 2.65. The van der Waals surface area contributed by atoms with Crippen molar-refractivity contribution in [1.82, 2.24) is 5.32 Å². The lowest BCUT2D eigenvalue weighted by atomic mass is 9.78. The highest BCUT2D eigenvalue weighted by Gasteiger charge is 2.51. The van der Waals surface area contributed by atoms with Crippen LogP contribution in [-0.4, -0.2) is 37.5 Å². The first kappa shape index (κ1) is 16.4. The molecule has 0 aromatic heterocycles. The molecule has 0 saturated carbocycles. The summed E-state index contributed by atoms with van der Waals surface area (Å²) in [6.45, 7) is 8.08. The Kier molecular flexibility index (Phi) is 4.43. The Morgan fingerprint density at radius 1 is 1.14 bits per heavy atom. The van der Waals surface area contributed by atoms with Crippen LogP contribution in [0, 0.1) is 0 Å². The Morgan fingerprint density at radius 2 is 1.71 bits per heavy atom. The van der Waals surface area contributed by atoms with Crippen LogP contribution >= 0.6 is 11.8 Å². The lowest BCUT2D eigenvalue weighted by Crippen LogP contribution is -2.41. The molecule has 0 unspecified atom stereocenters. The summed E-state index contributed by atoms with van der Waals surface area (Å²) in [4.78, 5) is 12.9. The molecular formula is C15H22BNO3S. The largest absolute Gasteiger partial charge is 0.494 e. The van der Waals surface area contributed by atoms with Crippen molar-refractivity contribution in [1.29, 1.82) is 0 Å². The van der Waals surface area contributed by atoms with Crippen LogP contribution in [0.15, 0.2) is 23.1 Å². The summed E-state index contributed by atoms with van der Waals surface area (Å²) in [5.74, 6) is -0.108. The van der Waals surface area contributed by atoms with Gasteiger partial charge in [-0.2, -0.15) is 0 Å². The van der Waals surface area contributed by atoms with Gasteiger partial charge in [0.05, 0.1) is 11.2 Å². The monoisotopic (exact) mass is 307 g/mol. The average molecular weight is 307 g/mol. The standard InChI is InChI=1S/C15H22BNO3S/c1-14(2)15(3,4)20-16(19-14)11-7-10(13(18)17-5)8-12(9-11)21-6/h7-9H,1-6H3,(H,17,18). The minimum absolute atomic E-state index is 0.108. The van der Waals surface area contributed by atoms with E-state index in [1.165, 1.54) is 0 Å². The maximum atomic E-state index is 11.9. The normalized spacial score (nSPS) is 19.6. The van der Waals surface area contributed by atoms with Crippen molar-refractivity contribution in [2.45, 2.75) is 43.8 Å². The van der Waals surface area contributed by atoms with Gasteiger partial charge in [-0.1, -0.05) is 0 Å². The Balaban J connectivity index is 2.39. The molecule has 1 N–H and O–H groups in total. The molecule has 114 valence electrons. The van der Waals surface area contributed by atoms with Crippen molar-refractivity contribution in [3.05, 3.63) is 23.8 Å². The number of benzene rings is 1. The van der Waals surface area contributed by atoms with E-state index in [1.807, 2.05) is 52.1 Å². The summed E-state index contributed by atoms with van der Waals surface area (Å²) < 4.78 is 12.1. The summed E-state index contributed by atoms with van der Waals surface area (Å²) in [6.07, 6.45) is 1.98. The summed E-state index contributed by atoms with van der Waals surface area (Å²) in [5.41, 5.74) is 0.716. The van der Waals surface area contributed by atoms with Gasteiger partial charge in [-0.3, -0.25) is 4.79 Å². The second-order valence-electron chi connectivity index (χ2n) is 6.16. The molecule has 1 saturated heterocycles. The first-order valence-electron chi connectivity index (χ1n) is 6.97. The summed E-state index contributed by atoms with van der Waals surface area (Å²) in [6, 6.07) is 5.72. The molecule has 1 aromatic rings. The number of hydrogen-bond donors (Lipinski definition) is 1. The van der Waals surface area contributed by atoms with E-state index in [2.05, 4.69) is 5.32 Å². The zero-order valence-corrected chi connectivity index (χ0v) is 14.3. The molecule has 0 atom stereocenters. The third kappa shape index (κ3) is 3.12. The molecule has 4 nitrogen and oxygen atoms in total. The predicted octanol–water partition coefficient (Wildman–Crippen LogP) is 2.07. The van der Waals surface area contributed by atoms with Crippen LogP contribution in [0.4, 0.5) is 0 Å². The van der Waals surface area contributed by atoms with Gasteiger partial charge in [0.1, 0.15) is 0 Å². The van der Waals surface area contributed by atoms with Gasteiger partial charge in [-0.15, -0.1) is 11.8 Å². The van der Waals surface area contributed by atoms with Gasteiger partial charge in [-0.25, -0.2) is 0 Å². The fraction of sp³-hybridized carbons (Fsp3) is 0.533. The van der Waals surface area contributed by atoms with Crippen LogP contribution in [0.5, 0.6) is 0 Å². The van der Waals surface area contributed by atoms with E-state index < -0.39 is 7.12 Å². The van der Waals surface area contributed by atoms with Crippen molar-refractivity contribution >= 4 is 30.3 Å². The van der Waals surface area contributed by atoms with Crippen molar-refractivity contribution in [3.8, 4) is 0 Å². The van der Waals surface area contributed by atoms with Crippen LogP contribution in [0.2, 0.25) is 0 Å². The zero-order chi connectivity index (χ0) is 15.8. The third-order valence-corrected chi connectivity index (χ3v) is 4.89. The lowest BCUT2D eigenvalue weighted by Gasteiger charge is -2.32. The number of carbonyl (C=O) groups is 1. The van der Waals surface area contributed by atoms with E-state index >= 15 is 0 Å². The Bertz CT molecular complexity index is 544. The smallest absolute Gasteiger partial charge is 0.399 e. The first-order chi connectivity index (χ1) is 9.70. The highest BCUT2D eigenvalue weighted by atomic mass is 32.2. The van der Waals surface area contributed by atoms with E-state index in [0.717, 1.165) is 10.4 Å². The van der Waals surface area contributed by atoms with Crippen molar-refractivity contribution in [2.24, 2.45) is 0 Å². The van der Waals surface area contributed by atoms with E-state index in [1.54, 1.807) is 18.8 Å². The molecule has 0 bridgehead atoms. The molecule has 0 radical (unpaired) electrons. The molecule has 0 spiro atoms. The van der Waals surface area contributed by atoms with Crippen LogP contribution in [0.3, 0.4) is 0 Å². The van der Waals surface area contributed by atoms with E-state index in [0.29, 0.717) is 5.56 Å². The lowest BCUT2D eigenvalue weighted by molar-refractivity contribution is 0.00578. The fourth-order valence-electron chi connectivity index (χ4n) is 2.13. The maximum Gasteiger partial charge on any atom is 0.494 e. The van der Waals surface area contributed by atoms with Gasteiger partial charge in [0.2, 0.25) is 0 Å². The minimum Gasteiger partial charge on any atom is -0.399 e. The molecule has 21 heavy (non-hydrogen) atoms. The average Bonchev–Trinajstić information content (AvgIpc) is 2.66. The Morgan fingerprint density at radius 3 is 2.19 bits per heavy atom. The van der Waals surface area contributed by atoms with Crippen molar-refractivity contribution < 1.29 is 14.1 Å². The van der Waals surface area contributed by atoms with Gasteiger partial charge < -0.3 is 14.6 Å². The molecule has 6 heteroatoms. The molecule has 1 aliphatic heterocycles. The van der Waals surface area contributed by atoms with Gasteiger partial charge in [0.25, 0.3) is 5.91 Å². The molecule has 1 aliphatic rings. The Hall–Kier alpha value is -0.975. The van der Waals surface area contributed by atoms with E-state index in [-0.39, 0.29) is 17.1 Å². The van der Waals surface area contributed by atoms with Crippen LogP contribution in [0.1, 0.15) is 38.1 Å². The zero-order valence-electron chi connectivity index (χ0n) is 13.4. The van der Waals surface area contributed by atoms with Crippen LogP contribution < -0.4 is 10.8 Å². The highest BCUT2D eigenvalue weighted by molar-refractivity contribution is 7.98. The number of amides is 1. The van der Waals surface area contributed by atoms with Gasteiger partial charge in [0, 0.05) is 17.5 Å². The van der Waals surface area contributed by atoms with Crippen LogP contribution in [-0.2, 0) is 9.31 Å². The minimum atomic E-state index is -0.453. The fourth-order valence-corrected chi connectivity index (χ4v) is 2.63. The molecule has 1 aromatic carbocycles. The number of rotatable bonds is 3. The van der Waals surface area contributed by atoms with E-state index in [9.17, 15) is 4.79 Å². The number of hydrogen-bond acceptors (Lipinski definition) is 4. The molecule has 0 aliphatic carbocycles. The molecule has 1 amide bonds. The van der Waals surface area contributed by atoms with Gasteiger partial charge in [0.15, 0.2) is 0 Å². The number of thioether (sulfide) groups is 1. The molecule has 1 fully saturated rings. The predicted molar refractivity (Wildman–Crippen MR) is 87.3 cm³/mol. The topological polar surface area (TPSA) is 47.6 Å². The molecule has 2 rings (SSSR count). The van der Waals surface area contributed by atoms with Crippen molar-refractivity contribution in [3.63, 3.8) is 0 Å². The van der Waals surface area contributed by atoms with Crippen LogP contribution in [0.25, 0.3) is 0 Å². The van der Waals surface area contributed by atoms with Crippen molar-refractivity contribution in [2.75, 3.05) is 13.3 Å². The third-order valence-electron chi connectivity index (χ3n) is 4.18. The second kappa shape index (κ2) is 5.67. The van der Waals surface area contributed by atoms with E-state index in [4.69, 9.17) is 9.31 Å². The maximum absolute atomic E-state index is 11.9. The first-order valence-corrected chi connectivity index (χ1v) is 8.19. The SMILES string of the molecule is CNC(=O)c1cc(SC)cc(B2OC(C)(C)C(C)(C)O2)c1. The second-order valence-corrected chi connectivity index (χ2v) is 7.04. The molecular weight excluding hydrogens is 285 g/mol. The van der Waals surface area contributed by atoms with Gasteiger partial charge >= 0.3 is 7.12 Å². The Labute approximate surface area is 131 Å². The summed E-state index contributed by atoms with van der Waals surface area (Å²) >= 11 is 1.59. The summed E-state index contributed by atoms with van der Waals surface area (Å²) in [7, 11) is 1.17. The van der Waals surface area contributed by atoms with Gasteiger partial charge in [-0.05, 0) is 57.6 Å². The highest BCUT2D eigenvalue weighted by Crippen LogP contribution is 2.36. The number of nitrogens with one attached hydrogen (secondary N) is 1. The number of carbonyl (C=O) groups excluding carboxylic acids is 1. The quantitative estimate of drug-likeness (QED) is 0.686.